The molecule has 2 heterocycles. The van der Waals surface area contributed by atoms with E-state index in [1.54, 1.807) is 4.90 Å². The van der Waals surface area contributed by atoms with Crippen LogP contribution in [0.2, 0.25) is 0 Å². The minimum atomic E-state index is -1.35. The van der Waals surface area contributed by atoms with Crippen LogP contribution in [0.1, 0.15) is 26.7 Å². The molecule has 0 unspecified atom stereocenters. The summed E-state index contributed by atoms with van der Waals surface area (Å²) >= 11 is 0. The van der Waals surface area contributed by atoms with E-state index in [2.05, 4.69) is 5.32 Å². The average Bonchev–Trinajstić information content (AvgIpc) is 3.06. The van der Waals surface area contributed by atoms with E-state index >= 15 is 0 Å². The molecular weight excluding hydrogens is 346 g/mol. The predicted molar refractivity (Wildman–Crippen MR) is 89.2 cm³/mol. The quantitative estimate of drug-likeness (QED) is 0.832. The van der Waals surface area contributed by atoms with Crippen molar-refractivity contribution in [1.82, 2.24) is 4.90 Å². The normalized spacial score (nSPS) is 19.6. The van der Waals surface area contributed by atoms with Gasteiger partial charge in [0.1, 0.15) is 5.41 Å². The van der Waals surface area contributed by atoms with Gasteiger partial charge in [0.05, 0.1) is 13.2 Å². The van der Waals surface area contributed by atoms with E-state index in [-0.39, 0.29) is 11.6 Å². The van der Waals surface area contributed by atoms with E-state index in [0.717, 1.165) is 12.1 Å². The summed E-state index contributed by atoms with van der Waals surface area (Å²) in [5, 5.41) is 2.48. The number of likely N-dealkylation sites (tertiary alicyclic amines) is 1. The van der Waals surface area contributed by atoms with Crippen LogP contribution < -0.4 is 5.32 Å². The number of halogens is 2. The van der Waals surface area contributed by atoms with E-state index in [4.69, 9.17) is 9.47 Å². The van der Waals surface area contributed by atoms with Gasteiger partial charge in [-0.05, 0) is 26.0 Å². The number of piperidine rings is 1. The standard InChI is InChI=1S/C18H22F2N2O4/c1-17(2,15(23)21-12-3-4-13(19)14(20)11-12)16(24)22-7-5-18(6-8-22)25-9-10-26-18/h3-4,11H,5-10H2,1-2H3,(H,21,23). The molecule has 6 nitrogen and oxygen atoms in total. The highest BCUT2D eigenvalue weighted by Crippen LogP contribution is 2.33. The second-order valence-electron chi connectivity index (χ2n) is 7.11. The fraction of sp³-hybridized carbons (Fsp3) is 0.556. The number of nitrogens with one attached hydrogen (secondary N) is 1. The van der Waals surface area contributed by atoms with Crippen molar-refractivity contribution < 1.29 is 27.8 Å². The molecule has 2 amide bonds. The zero-order valence-corrected chi connectivity index (χ0v) is 14.8. The van der Waals surface area contributed by atoms with Crippen LogP contribution in [0.15, 0.2) is 18.2 Å². The average molecular weight is 368 g/mol. The fourth-order valence-electron chi connectivity index (χ4n) is 3.19. The summed E-state index contributed by atoms with van der Waals surface area (Å²) in [6.45, 7) is 4.99. The molecule has 1 aromatic rings. The number of nitrogens with zero attached hydrogens (tertiary/aromatic N) is 1. The molecule has 0 atom stereocenters. The van der Waals surface area contributed by atoms with Crippen LogP contribution in [-0.2, 0) is 19.1 Å². The topological polar surface area (TPSA) is 67.9 Å². The maximum absolute atomic E-state index is 13.3. The molecule has 8 heteroatoms. The molecule has 2 aliphatic rings. The van der Waals surface area contributed by atoms with E-state index in [1.165, 1.54) is 19.9 Å². The van der Waals surface area contributed by atoms with Gasteiger partial charge in [0.15, 0.2) is 17.4 Å². The molecule has 2 saturated heterocycles. The SMILES string of the molecule is CC(C)(C(=O)Nc1ccc(F)c(F)c1)C(=O)N1CCC2(CC1)OCCO2. The Labute approximate surface area is 150 Å². The number of hydrogen-bond acceptors (Lipinski definition) is 4. The minimum absolute atomic E-state index is 0.0973. The first-order chi connectivity index (χ1) is 12.2. The first kappa shape index (κ1) is 18.7. The van der Waals surface area contributed by atoms with Crippen molar-refractivity contribution in [1.29, 1.82) is 0 Å². The van der Waals surface area contributed by atoms with Gasteiger partial charge in [0.25, 0.3) is 0 Å². The third-order valence-corrected chi connectivity index (χ3v) is 4.91. The van der Waals surface area contributed by atoms with E-state index in [0.29, 0.717) is 39.1 Å². The Balaban J connectivity index is 1.63. The van der Waals surface area contributed by atoms with Crippen molar-refractivity contribution in [3.63, 3.8) is 0 Å². The lowest BCUT2D eigenvalue weighted by molar-refractivity contribution is -0.189. The molecule has 3 rings (SSSR count). The number of amides is 2. The van der Waals surface area contributed by atoms with Crippen molar-refractivity contribution in [2.45, 2.75) is 32.5 Å². The number of ether oxygens (including phenoxy) is 2. The maximum Gasteiger partial charge on any atom is 0.239 e. The monoisotopic (exact) mass is 368 g/mol. The molecule has 142 valence electrons. The molecule has 0 saturated carbocycles. The Kier molecular flexibility index (Phi) is 4.98. The zero-order chi connectivity index (χ0) is 18.9. The van der Waals surface area contributed by atoms with Crippen molar-refractivity contribution >= 4 is 17.5 Å². The number of hydrogen-bond donors (Lipinski definition) is 1. The van der Waals surface area contributed by atoms with E-state index in [9.17, 15) is 18.4 Å². The molecular formula is C18H22F2N2O4. The third-order valence-electron chi connectivity index (χ3n) is 4.91. The summed E-state index contributed by atoms with van der Waals surface area (Å²) < 4.78 is 37.6. The highest BCUT2D eigenvalue weighted by atomic mass is 19.2. The van der Waals surface area contributed by atoms with Crippen molar-refractivity contribution in [2.24, 2.45) is 5.41 Å². The van der Waals surface area contributed by atoms with Gasteiger partial charge in [-0.1, -0.05) is 0 Å². The lowest BCUT2D eigenvalue weighted by Crippen LogP contribution is -2.53. The maximum atomic E-state index is 13.3. The minimum Gasteiger partial charge on any atom is -0.347 e. The second kappa shape index (κ2) is 6.92. The highest BCUT2D eigenvalue weighted by molar-refractivity contribution is 6.09. The summed E-state index contributed by atoms with van der Waals surface area (Å²) in [4.78, 5) is 27.0. The number of carbonyl (C=O) groups is 2. The van der Waals surface area contributed by atoms with E-state index < -0.39 is 28.7 Å². The summed E-state index contributed by atoms with van der Waals surface area (Å²) in [5.41, 5.74) is -1.26. The van der Waals surface area contributed by atoms with Gasteiger partial charge >= 0.3 is 0 Å². The molecule has 1 spiro atoms. The van der Waals surface area contributed by atoms with Crippen LogP contribution in [0, 0.1) is 17.0 Å². The number of carbonyl (C=O) groups excluding carboxylic acids is 2. The fourth-order valence-corrected chi connectivity index (χ4v) is 3.19. The lowest BCUT2D eigenvalue weighted by Gasteiger charge is -2.40. The molecule has 0 aliphatic carbocycles. The van der Waals surface area contributed by atoms with Crippen molar-refractivity contribution in [3.05, 3.63) is 29.8 Å². The molecule has 0 aromatic heterocycles. The number of benzene rings is 1. The number of rotatable bonds is 3. The van der Waals surface area contributed by atoms with Gasteiger partial charge in [-0.2, -0.15) is 0 Å². The largest absolute Gasteiger partial charge is 0.347 e. The summed E-state index contributed by atoms with van der Waals surface area (Å²) in [5.74, 6) is -3.58. The van der Waals surface area contributed by atoms with Crippen LogP contribution in [0.4, 0.5) is 14.5 Å². The van der Waals surface area contributed by atoms with Crippen LogP contribution >= 0.6 is 0 Å². The summed E-state index contributed by atoms with van der Waals surface area (Å²) in [6, 6.07) is 3.05. The smallest absolute Gasteiger partial charge is 0.239 e. The molecule has 0 bridgehead atoms. The van der Waals surface area contributed by atoms with E-state index in [1.807, 2.05) is 0 Å². The Morgan fingerprint density at radius 2 is 1.73 bits per heavy atom. The Morgan fingerprint density at radius 1 is 1.12 bits per heavy atom. The summed E-state index contributed by atoms with van der Waals surface area (Å²) in [7, 11) is 0. The van der Waals surface area contributed by atoms with Crippen LogP contribution in [-0.4, -0.2) is 48.8 Å². The van der Waals surface area contributed by atoms with Crippen molar-refractivity contribution in [3.8, 4) is 0 Å². The molecule has 2 aliphatic heterocycles. The van der Waals surface area contributed by atoms with Crippen LogP contribution in [0.3, 0.4) is 0 Å². The predicted octanol–water partition coefficient (Wildman–Crippen LogP) is 2.29. The van der Waals surface area contributed by atoms with Gasteiger partial charge < -0.3 is 19.7 Å². The first-order valence-corrected chi connectivity index (χ1v) is 8.57. The third kappa shape index (κ3) is 3.57. The van der Waals surface area contributed by atoms with Gasteiger partial charge in [-0.3, -0.25) is 9.59 Å². The molecule has 1 N–H and O–H groups in total. The molecule has 1 aromatic carbocycles. The first-order valence-electron chi connectivity index (χ1n) is 8.57. The van der Waals surface area contributed by atoms with Crippen LogP contribution in [0.5, 0.6) is 0 Å². The van der Waals surface area contributed by atoms with Gasteiger partial charge in [-0.25, -0.2) is 8.78 Å². The second-order valence-corrected chi connectivity index (χ2v) is 7.11. The van der Waals surface area contributed by atoms with Crippen LogP contribution in [0.25, 0.3) is 0 Å². The Hall–Kier alpha value is -2.06. The highest BCUT2D eigenvalue weighted by Gasteiger charge is 2.45. The zero-order valence-electron chi connectivity index (χ0n) is 14.8. The molecule has 0 radical (unpaired) electrons. The number of anilines is 1. The van der Waals surface area contributed by atoms with Gasteiger partial charge in [0, 0.05) is 37.7 Å². The lowest BCUT2D eigenvalue weighted by atomic mass is 9.88. The Bertz CT molecular complexity index is 707. The van der Waals surface area contributed by atoms with Gasteiger partial charge in [-0.15, -0.1) is 0 Å². The Morgan fingerprint density at radius 3 is 2.31 bits per heavy atom. The van der Waals surface area contributed by atoms with Gasteiger partial charge in [0.2, 0.25) is 11.8 Å². The molecule has 26 heavy (non-hydrogen) atoms. The molecule has 2 fully saturated rings. The summed E-state index contributed by atoms with van der Waals surface area (Å²) in [6.07, 6.45) is 1.11. The van der Waals surface area contributed by atoms with Crippen molar-refractivity contribution in [2.75, 3.05) is 31.6 Å².